The first-order chi connectivity index (χ1) is 7.22. The molecular weight excluding hydrogens is 214 g/mol. The van der Waals surface area contributed by atoms with Gasteiger partial charge in [-0.25, -0.2) is 9.97 Å². The topological polar surface area (TPSA) is 54.9 Å². The predicted molar refractivity (Wildman–Crippen MR) is 59.6 cm³/mol. The van der Waals surface area contributed by atoms with Crippen molar-refractivity contribution in [2.45, 2.75) is 6.92 Å². The minimum Gasteiger partial charge on any atom is -0.306 e. The summed E-state index contributed by atoms with van der Waals surface area (Å²) in [7, 11) is 0. The fourth-order valence-corrected chi connectivity index (χ4v) is 0.896. The summed E-state index contributed by atoms with van der Waals surface area (Å²) < 4.78 is 0. The maximum atomic E-state index is 11.2. The highest BCUT2D eigenvalue weighted by atomic mass is 35.5. The monoisotopic (exact) mass is 223 g/mol. The van der Waals surface area contributed by atoms with Gasteiger partial charge < -0.3 is 5.32 Å². The molecule has 0 aliphatic heterocycles. The molecule has 0 unspecified atom stereocenters. The van der Waals surface area contributed by atoms with Crippen molar-refractivity contribution in [3.8, 4) is 0 Å². The molecule has 1 rings (SSSR count). The number of rotatable bonds is 3. The van der Waals surface area contributed by atoms with Crippen LogP contribution in [0.2, 0.25) is 5.15 Å². The number of allylic oxidation sites excluding steroid dienone is 3. The zero-order chi connectivity index (χ0) is 11.1. The van der Waals surface area contributed by atoms with Crippen LogP contribution < -0.4 is 5.32 Å². The van der Waals surface area contributed by atoms with Crippen molar-refractivity contribution in [1.29, 1.82) is 0 Å². The van der Waals surface area contributed by atoms with E-state index < -0.39 is 0 Å². The Balaban J connectivity index is 2.55. The smallest absolute Gasteiger partial charge is 0.249 e. The molecule has 78 valence electrons. The lowest BCUT2D eigenvalue weighted by Crippen LogP contribution is -2.09. The molecule has 1 N–H and O–H groups in total. The number of anilines is 1. The third kappa shape index (κ3) is 4.37. The Kier molecular flexibility index (Phi) is 4.50. The van der Waals surface area contributed by atoms with E-state index in [0.717, 1.165) is 0 Å². The summed E-state index contributed by atoms with van der Waals surface area (Å²) in [5.74, 6) is 0.110. The van der Waals surface area contributed by atoms with Gasteiger partial charge in [0.2, 0.25) is 5.91 Å². The molecule has 1 aromatic heterocycles. The standard InChI is InChI=1S/C10H10ClN3O/c1-2-3-4-5-10(15)14-9-7-12-8(11)6-13-9/h2-7H,1H3,(H,13,14,15). The largest absolute Gasteiger partial charge is 0.306 e. The Bertz CT molecular complexity index is 384. The van der Waals surface area contributed by atoms with Crippen molar-refractivity contribution < 1.29 is 4.79 Å². The molecule has 1 amide bonds. The number of amides is 1. The molecule has 0 aliphatic carbocycles. The summed E-state index contributed by atoms with van der Waals surface area (Å²) in [4.78, 5) is 18.9. The second kappa shape index (κ2) is 5.93. The van der Waals surface area contributed by atoms with Gasteiger partial charge in [0.05, 0.1) is 12.4 Å². The van der Waals surface area contributed by atoms with Gasteiger partial charge in [0, 0.05) is 6.08 Å². The van der Waals surface area contributed by atoms with Crippen LogP contribution in [0.3, 0.4) is 0 Å². The molecule has 1 heterocycles. The van der Waals surface area contributed by atoms with E-state index in [9.17, 15) is 4.79 Å². The highest BCUT2D eigenvalue weighted by molar-refractivity contribution is 6.29. The molecule has 0 radical (unpaired) electrons. The average molecular weight is 224 g/mol. The van der Waals surface area contributed by atoms with Gasteiger partial charge in [-0.15, -0.1) is 0 Å². The van der Waals surface area contributed by atoms with E-state index in [4.69, 9.17) is 11.6 Å². The van der Waals surface area contributed by atoms with Crippen molar-refractivity contribution >= 4 is 23.3 Å². The number of aromatic nitrogens is 2. The number of carbonyl (C=O) groups excluding carboxylic acids is 1. The molecule has 0 spiro atoms. The SMILES string of the molecule is CC=CC=CC(=O)Nc1cnc(Cl)cn1. The lowest BCUT2D eigenvalue weighted by molar-refractivity contribution is -0.111. The van der Waals surface area contributed by atoms with E-state index in [0.29, 0.717) is 5.82 Å². The van der Waals surface area contributed by atoms with Crippen LogP contribution in [-0.2, 0) is 4.79 Å². The zero-order valence-electron chi connectivity index (χ0n) is 8.14. The third-order valence-corrected chi connectivity index (χ3v) is 1.62. The number of carbonyl (C=O) groups is 1. The molecule has 1 aromatic rings. The van der Waals surface area contributed by atoms with Crippen LogP contribution in [0, 0.1) is 0 Å². The van der Waals surface area contributed by atoms with Crippen LogP contribution in [0.5, 0.6) is 0 Å². The molecule has 0 fully saturated rings. The molecule has 0 bridgehead atoms. The Hall–Kier alpha value is -1.68. The summed E-state index contributed by atoms with van der Waals surface area (Å²) in [6.45, 7) is 1.87. The average Bonchev–Trinajstić information content (AvgIpc) is 2.22. The Morgan fingerprint density at radius 1 is 1.40 bits per heavy atom. The van der Waals surface area contributed by atoms with Gasteiger partial charge in [0.15, 0.2) is 5.82 Å². The fraction of sp³-hybridized carbons (Fsp3) is 0.100. The molecule has 0 saturated carbocycles. The fourth-order valence-electron chi connectivity index (χ4n) is 0.799. The lowest BCUT2D eigenvalue weighted by atomic mass is 10.4. The third-order valence-electron chi connectivity index (χ3n) is 1.42. The molecule has 0 aliphatic rings. The highest BCUT2D eigenvalue weighted by Crippen LogP contribution is 2.04. The van der Waals surface area contributed by atoms with Gasteiger partial charge in [-0.3, -0.25) is 4.79 Å². The van der Waals surface area contributed by atoms with E-state index in [2.05, 4.69) is 15.3 Å². The Morgan fingerprint density at radius 2 is 2.20 bits per heavy atom. The van der Waals surface area contributed by atoms with Crippen molar-refractivity contribution in [3.05, 3.63) is 41.9 Å². The number of hydrogen-bond donors (Lipinski definition) is 1. The molecular formula is C10H10ClN3O. The highest BCUT2D eigenvalue weighted by Gasteiger charge is 1.98. The van der Waals surface area contributed by atoms with E-state index >= 15 is 0 Å². The maximum Gasteiger partial charge on any atom is 0.249 e. The van der Waals surface area contributed by atoms with Gasteiger partial charge in [0.25, 0.3) is 0 Å². The summed E-state index contributed by atoms with van der Waals surface area (Å²) >= 11 is 5.54. The number of halogens is 1. The maximum absolute atomic E-state index is 11.2. The summed E-state index contributed by atoms with van der Waals surface area (Å²) in [6.07, 6.45) is 9.38. The quantitative estimate of drug-likeness (QED) is 0.631. The van der Waals surface area contributed by atoms with Crippen molar-refractivity contribution in [3.63, 3.8) is 0 Å². The van der Waals surface area contributed by atoms with Crippen LogP contribution >= 0.6 is 11.6 Å². The molecule has 15 heavy (non-hydrogen) atoms. The van der Waals surface area contributed by atoms with E-state index in [-0.39, 0.29) is 11.1 Å². The molecule has 0 atom stereocenters. The molecule has 0 saturated heterocycles. The van der Waals surface area contributed by atoms with E-state index in [1.165, 1.54) is 18.5 Å². The number of nitrogens with one attached hydrogen (secondary N) is 1. The van der Waals surface area contributed by atoms with Crippen molar-refractivity contribution in [2.24, 2.45) is 0 Å². The second-order valence-electron chi connectivity index (χ2n) is 2.60. The Morgan fingerprint density at radius 3 is 2.80 bits per heavy atom. The van der Waals surface area contributed by atoms with Gasteiger partial charge >= 0.3 is 0 Å². The normalized spacial score (nSPS) is 11.1. The first kappa shape index (κ1) is 11.4. The second-order valence-corrected chi connectivity index (χ2v) is 2.99. The van der Waals surface area contributed by atoms with E-state index in [1.54, 1.807) is 12.2 Å². The van der Waals surface area contributed by atoms with Gasteiger partial charge in [0.1, 0.15) is 5.15 Å². The minimum absolute atomic E-state index is 0.260. The lowest BCUT2D eigenvalue weighted by Gasteiger charge is -1.98. The van der Waals surface area contributed by atoms with Gasteiger partial charge in [-0.1, -0.05) is 29.8 Å². The molecule has 0 aromatic carbocycles. The number of hydrogen-bond acceptors (Lipinski definition) is 3. The van der Waals surface area contributed by atoms with Gasteiger partial charge in [-0.2, -0.15) is 0 Å². The Labute approximate surface area is 92.7 Å². The van der Waals surface area contributed by atoms with Crippen LogP contribution in [0.4, 0.5) is 5.82 Å². The zero-order valence-corrected chi connectivity index (χ0v) is 8.90. The summed E-state index contributed by atoms with van der Waals surface area (Å²) in [5, 5.41) is 2.83. The van der Waals surface area contributed by atoms with Crippen LogP contribution in [0.25, 0.3) is 0 Å². The predicted octanol–water partition coefficient (Wildman–Crippen LogP) is 2.20. The molecule has 5 heteroatoms. The summed E-state index contributed by atoms with van der Waals surface area (Å²) in [6, 6.07) is 0. The van der Waals surface area contributed by atoms with Gasteiger partial charge in [-0.05, 0) is 6.92 Å². The van der Waals surface area contributed by atoms with Crippen molar-refractivity contribution in [2.75, 3.05) is 5.32 Å². The minimum atomic E-state index is -0.260. The first-order valence-electron chi connectivity index (χ1n) is 4.30. The number of nitrogens with zero attached hydrogens (tertiary/aromatic N) is 2. The van der Waals surface area contributed by atoms with Crippen LogP contribution in [0.1, 0.15) is 6.92 Å². The van der Waals surface area contributed by atoms with Crippen LogP contribution in [0.15, 0.2) is 36.7 Å². The molecule has 4 nitrogen and oxygen atoms in total. The van der Waals surface area contributed by atoms with Crippen molar-refractivity contribution in [1.82, 2.24) is 9.97 Å². The van der Waals surface area contributed by atoms with E-state index in [1.807, 2.05) is 13.0 Å². The first-order valence-corrected chi connectivity index (χ1v) is 4.68. The van der Waals surface area contributed by atoms with Crippen LogP contribution in [-0.4, -0.2) is 15.9 Å². The summed E-state index contributed by atoms with van der Waals surface area (Å²) in [5.41, 5.74) is 0.